The van der Waals surface area contributed by atoms with Gasteiger partial charge in [-0.1, -0.05) is 0 Å². The van der Waals surface area contributed by atoms with Gasteiger partial charge in [0.2, 0.25) is 0 Å². The zero-order chi connectivity index (χ0) is 14.0. The molecule has 1 atom stereocenters. The molecule has 6 heteroatoms. The van der Waals surface area contributed by atoms with Gasteiger partial charge in [-0.15, -0.1) is 11.3 Å². The maximum Gasteiger partial charge on any atom is 0.408 e. The minimum absolute atomic E-state index is 0.600. The highest BCUT2D eigenvalue weighted by Gasteiger charge is 2.32. The summed E-state index contributed by atoms with van der Waals surface area (Å²) in [5.74, 6) is 0. The zero-order valence-electron chi connectivity index (χ0n) is 11.2. The molecular weight excluding hydrogens is 252 g/mol. The van der Waals surface area contributed by atoms with Gasteiger partial charge in [-0.05, 0) is 34.6 Å². The molecule has 100 valence electrons. The van der Waals surface area contributed by atoms with Crippen molar-refractivity contribution in [3.8, 4) is 0 Å². The lowest BCUT2D eigenvalue weighted by Gasteiger charge is -2.26. The Labute approximate surface area is 111 Å². The van der Waals surface area contributed by atoms with Gasteiger partial charge in [0, 0.05) is 6.20 Å². The Morgan fingerprint density at radius 2 is 2.06 bits per heavy atom. The summed E-state index contributed by atoms with van der Waals surface area (Å²) in [6.07, 6.45) is 1.65. The van der Waals surface area contributed by atoms with E-state index in [9.17, 15) is 9.59 Å². The van der Waals surface area contributed by atoms with Crippen LogP contribution in [0.15, 0.2) is 6.20 Å². The number of aldehydes is 1. The number of amides is 1. The van der Waals surface area contributed by atoms with Crippen LogP contribution in [0.2, 0.25) is 0 Å². The summed E-state index contributed by atoms with van der Waals surface area (Å²) in [6.45, 7) is 8.76. The fourth-order valence-corrected chi connectivity index (χ4v) is 2.11. The summed E-state index contributed by atoms with van der Waals surface area (Å²) >= 11 is 1.37. The molecule has 18 heavy (non-hydrogen) atoms. The van der Waals surface area contributed by atoms with Crippen LogP contribution in [-0.2, 0) is 15.1 Å². The van der Waals surface area contributed by atoms with Gasteiger partial charge in [-0.25, -0.2) is 9.78 Å². The molecule has 0 radical (unpaired) electrons. The maximum absolute atomic E-state index is 11.7. The number of thiazole rings is 1. The van der Waals surface area contributed by atoms with Crippen molar-refractivity contribution in [2.45, 2.75) is 45.8 Å². The van der Waals surface area contributed by atoms with Gasteiger partial charge in [0.05, 0.1) is 9.88 Å². The molecule has 0 fully saturated rings. The molecule has 1 rings (SSSR count). The van der Waals surface area contributed by atoms with Gasteiger partial charge in [0.1, 0.15) is 11.1 Å². The summed E-state index contributed by atoms with van der Waals surface area (Å²) in [5, 5.41) is 3.41. The third-order valence-corrected chi connectivity index (χ3v) is 3.28. The van der Waals surface area contributed by atoms with Crippen LogP contribution in [0, 0.1) is 6.92 Å². The average molecular weight is 270 g/mol. The average Bonchev–Trinajstić information content (AvgIpc) is 2.62. The minimum Gasteiger partial charge on any atom is -0.444 e. The Hall–Kier alpha value is -1.43. The molecule has 0 aliphatic carbocycles. The van der Waals surface area contributed by atoms with Crippen LogP contribution in [-0.4, -0.2) is 23.0 Å². The molecule has 1 aromatic heterocycles. The van der Waals surface area contributed by atoms with E-state index in [1.165, 1.54) is 11.3 Å². The second-order valence-electron chi connectivity index (χ2n) is 5.19. The van der Waals surface area contributed by atoms with E-state index in [1.807, 2.05) is 6.92 Å². The van der Waals surface area contributed by atoms with E-state index in [2.05, 4.69) is 10.3 Å². The molecule has 0 aromatic carbocycles. The Bertz CT molecular complexity index is 450. The number of nitrogens with one attached hydrogen (secondary N) is 1. The van der Waals surface area contributed by atoms with Crippen molar-refractivity contribution in [3.05, 3.63) is 16.1 Å². The number of hydrogen-bond donors (Lipinski definition) is 1. The number of carbonyl (C=O) groups is 2. The number of alkyl carbamates (subject to hydrolysis) is 1. The molecule has 0 aliphatic rings. The van der Waals surface area contributed by atoms with Crippen LogP contribution in [0.5, 0.6) is 0 Å². The molecule has 1 N–H and O–H groups in total. The number of hydrogen-bond acceptors (Lipinski definition) is 5. The standard InChI is InChI=1S/C12H18N2O3S/c1-8-13-6-9(18-8)12(5,7-15)14-10(16)17-11(2,3)4/h6-7H,1-5H3,(H,14,16). The first-order chi connectivity index (χ1) is 8.16. The first kappa shape index (κ1) is 14.6. The molecule has 1 unspecified atom stereocenters. The first-order valence-corrected chi connectivity index (χ1v) is 6.38. The Morgan fingerprint density at radius 1 is 1.44 bits per heavy atom. The number of aryl methyl sites for hydroxylation is 1. The van der Waals surface area contributed by atoms with E-state index in [0.717, 1.165) is 5.01 Å². The van der Waals surface area contributed by atoms with Crippen molar-refractivity contribution in [3.63, 3.8) is 0 Å². The Morgan fingerprint density at radius 3 is 2.44 bits per heavy atom. The topological polar surface area (TPSA) is 68.3 Å². The molecule has 5 nitrogen and oxygen atoms in total. The summed E-state index contributed by atoms with van der Waals surface area (Å²) < 4.78 is 5.14. The third kappa shape index (κ3) is 3.80. The Kier molecular flexibility index (Phi) is 4.11. The lowest BCUT2D eigenvalue weighted by atomic mass is 10.0. The molecule has 0 spiro atoms. The van der Waals surface area contributed by atoms with Crippen molar-refractivity contribution in [2.24, 2.45) is 0 Å². The van der Waals surface area contributed by atoms with Crippen molar-refractivity contribution in [1.82, 2.24) is 10.3 Å². The Balaban J connectivity index is 2.84. The van der Waals surface area contributed by atoms with Crippen molar-refractivity contribution in [1.29, 1.82) is 0 Å². The number of nitrogens with zero attached hydrogens (tertiary/aromatic N) is 1. The molecular formula is C12H18N2O3S. The van der Waals surface area contributed by atoms with Crippen LogP contribution < -0.4 is 5.32 Å². The highest BCUT2D eigenvalue weighted by atomic mass is 32.1. The summed E-state index contributed by atoms with van der Waals surface area (Å²) in [6, 6.07) is 0. The van der Waals surface area contributed by atoms with E-state index >= 15 is 0 Å². The summed E-state index contributed by atoms with van der Waals surface area (Å²) in [4.78, 5) is 27.7. The lowest BCUT2D eigenvalue weighted by Crippen LogP contribution is -2.46. The molecule has 1 aromatic rings. The van der Waals surface area contributed by atoms with E-state index in [0.29, 0.717) is 11.2 Å². The second kappa shape index (κ2) is 5.06. The van der Waals surface area contributed by atoms with Gasteiger partial charge in [-0.2, -0.15) is 0 Å². The molecule has 0 bridgehead atoms. The number of ether oxygens (including phenoxy) is 1. The molecule has 1 heterocycles. The first-order valence-electron chi connectivity index (χ1n) is 5.57. The van der Waals surface area contributed by atoms with Crippen LogP contribution >= 0.6 is 11.3 Å². The minimum atomic E-state index is -1.10. The van der Waals surface area contributed by atoms with Crippen LogP contribution in [0.25, 0.3) is 0 Å². The lowest BCUT2D eigenvalue weighted by molar-refractivity contribution is -0.113. The summed E-state index contributed by atoms with van der Waals surface area (Å²) in [5.41, 5.74) is -1.70. The van der Waals surface area contributed by atoms with Gasteiger partial charge >= 0.3 is 6.09 Å². The van der Waals surface area contributed by atoms with Crippen LogP contribution in [0.1, 0.15) is 37.6 Å². The van der Waals surface area contributed by atoms with E-state index in [4.69, 9.17) is 4.74 Å². The largest absolute Gasteiger partial charge is 0.444 e. The molecule has 0 saturated heterocycles. The fraction of sp³-hybridized carbons (Fsp3) is 0.583. The van der Waals surface area contributed by atoms with Crippen LogP contribution in [0.3, 0.4) is 0 Å². The van der Waals surface area contributed by atoms with Gasteiger partial charge in [-0.3, -0.25) is 0 Å². The molecule has 0 aliphatic heterocycles. The smallest absolute Gasteiger partial charge is 0.408 e. The number of carbonyl (C=O) groups excluding carboxylic acids is 2. The normalized spacial score (nSPS) is 14.7. The van der Waals surface area contributed by atoms with Crippen LogP contribution in [0.4, 0.5) is 4.79 Å². The summed E-state index contributed by atoms with van der Waals surface area (Å²) in [7, 11) is 0. The zero-order valence-corrected chi connectivity index (χ0v) is 12.1. The molecule has 0 saturated carbocycles. The van der Waals surface area contributed by atoms with E-state index in [-0.39, 0.29) is 0 Å². The number of aromatic nitrogens is 1. The predicted molar refractivity (Wildman–Crippen MR) is 69.6 cm³/mol. The van der Waals surface area contributed by atoms with Gasteiger partial charge < -0.3 is 14.8 Å². The predicted octanol–water partition coefficient (Wildman–Crippen LogP) is 2.39. The third-order valence-electron chi connectivity index (χ3n) is 2.13. The monoisotopic (exact) mass is 270 g/mol. The van der Waals surface area contributed by atoms with Gasteiger partial charge in [0.15, 0.2) is 6.29 Å². The SMILES string of the molecule is Cc1ncc(C(C)(C=O)NC(=O)OC(C)(C)C)s1. The van der Waals surface area contributed by atoms with E-state index < -0.39 is 17.2 Å². The maximum atomic E-state index is 11.7. The number of rotatable bonds is 3. The van der Waals surface area contributed by atoms with Crippen molar-refractivity contribution in [2.75, 3.05) is 0 Å². The highest BCUT2D eigenvalue weighted by molar-refractivity contribution is 7.11. The van der Waals surface area contributed by atoms with Crippen molar-refractivity contribution >= 4 is 23.7 Å². The van der Waals surface area contributed by atoms with Crippen molar-refractivity contribution < 1.29 is 14.3 Å². The fourth-order valence-electron chi connectivity index (χ4n) is 1.27. The highest BCUT2D eigenvalue weighted by Crippen LogP contribution is 2.25. The second-order valence-corrected chi connectivity index (χ2v) is 6.43. The van der Waals surface area contributed by atoms with Gasteiger partial charge in [0.25, 0.3) is 0 Å². The van der Waals surface area contributed by atoms with E-state index in [1.54, 1.807) is 33.9 Å². The quantitative estimate of drug-likeness (QED) is 0.856. The molecule has 1 amide bonds.